The molecule has 2 atom stereocenters. The average molecular weight is 342 g/mol. The first kappa shape index (κ1) is 15.5. The van der Waals surface area contributed by atoms with Gasteiger partial charge in [-0.05, 0) is 19.1 Å². The number of hydrogen-bond acceptors (Lipinski definition) is 6. The van der Waals surface area contributed by atoms with E-state index in [0.29, 0.717) is 13.1 Å². The van der Waals surface area contributed by atoms with Gasteiger partial charge >= 0.3 is 0 Å². The topological polar surface area (TPSA) is 83.9 Å². The molecule has 1 saturated heterocycles. The van der Waals surface area contributed by atoms with Gasteiger partial charge in [-0.1, -0.05) is 18.2 Å². The maximum Gasteiger partial charge on any atom is 0.184 e. The van der Waals surface area contributed by atoms with Crippen LogP contribution in [0.3, 0.4) is 0 Å². The van der Waals surface area contributed by atoms with Gasteiger partial charge in [-0.15, -0.1) is 0 Å². The van der Waals surface area contributed by atoms with E-state index in [1.807, 2.05) is 4.90 Å². The van der Waals surface area contributed by atoms with Gasteiger partial charge in [-0.2, -0.15) is 0 Å². The van der Waals surface area contributed by atoms with Gasteiger partial charge in [0.15, 0.2) is 19.7 Å². The van der Waals surface area contributed by atoms with Crippen LogP contribution in [0.1, 0.15) is 6.92 Å². The van der Waals surface area contributed by atoms with Crippen LogP contribution in [0.15, 0.2) is 40.2 Å². The molecule has 1 fully saturated rings. The zero-order valence-electron chi connectivity index (χ0n) is 12.2. The fourth-order valence-corrected chi connectivity index (χ4v) is 7.94. The molecule has 8 heteroatoms. The van der Waals surface area contributed by atoms with Crippen molar-refractivity contribution in [3.8, 4) is 0 Å². The first-order valence-corrected chi connectivity index (χ1v) is 10.4. The lowest BCUT2D eigenvalue weighted by atomic mass is 10.2. The molecule has 0 saturated carbocycles. The predicted octanol–water partition coefficient (Wildman–Crippen LogP) is 0.360. The molecule has 3 rings (SSSR count). The average Bonchev–Trinajstić information content (AvgIpc) is 3.03. The summed E-state index contributed by atoms with van der Waals surface area (Å²) in [5.74, 6) is 0.269. The number of sulfone groups is 2. The molecule has 1 aromatic rings. The highest BCUT2D eigenvalue weighted by Crippen LogP contribution is 2.30. The third kappa shape index (κ3) is 2.65. The lowest BCUT2D eigenvalue weighted by Crippen LogP contribution is -2.47. The van der Waals surface area contributed by atoms with E-state index in [-0.39, 0.29) is 16.4 Å². The predicted molar refractivity (Wildman–Crippen MR) is 84.5 cm³/mol. The van der Waals surface area contributed by atoms with Crippen molar-refractivity contribution in [1.82, 2.24) is 4.90 Å². The molecule has 1 aromatic carbocycles. The molecule has 0 aromatic heterocycles. The van der Waals surface area contributed by atoms with E-state index in [2.05, 4.69) is 4.99 Å². The van der Waals surface area contributed by atoms with Crippen LogP contribution in [0.25, 0.3) is 0 Å². The van der Waals surface area contributed by atoms with Gasteiger partial charge in [-0.3, -0.25) is 4.99 Å². The van der Waals surface area contributed by atoms with Gasteiger partial charge in [0.05, 0.1) is 34.8 Å². The molecule has 0 N–H and O–H groups in total. The van der Waals surface area contributed by atoms with Crippen LogP contribution in [0.5, 0.6) is 0 Å². The second-order valence-electron chi connectivity index (χ2n) is 5.66. The van der Waals surface area contributed by atoms with Gasteiger partial charge in [-0.25, -0.2) is 16.8 Å². The monoisotopic (exact) mass is 342 g/mol. The minimum atomic E-state index is -3.70. The van der Waals surface area contributed by atoms with Gasteiger partial charge in [0.25, 0.3) is 0 Å². The minimum absolute atomic E-state index is 0.128. The van der Waals surface area contributed by atoms with Gasteiger partial charge in [0.1, 0.15) is 5.25 Å². The van der Waals surface area contributed by atoms with Crippen molar-refractivity contribution in [2.24, 2.45) is 4.99 Å². The van der Waals surface area contributed by atoms with Crippen molar-refractivity contribution in [3.05, 3.63) is 30.3 Å². The summed E-state index contributed by atoms with van der Waals surface area (Å²) in [6.45, 7) is 2.96. The quantitative estimate of drug-likeness (QED) is 0.792. The number of nitrogens with zero attached hydrogens (tertiary/aromatic N) is 2. The molecular formula is C14H18N2O4S2. The van der Waals surface area contributed by atoms with Crippen molar-refractivity contribution in [1.29, 1.82) is 0 Å². The Morgan fingerprint density at radius 2 is 1.86 bits per heavy atom. The van der Waals surface area contributed by atoms with E-state index < -0.39 is 31.0 Å². The van der Waals surface area contributed by atoms with Crippen molar-refractivity contribution in [2.45, 2.75) is 23.1 Å². The fraction of sp³-hybridized carbons (Fsp3) is 0.500. The molecule has 2 heterocycles. The normalized spacial score (nSPS) is 27.9. The summed E-state index contributed by atoms with van der Waals surface area (Å²) in [4.78, 5) is 6.26. The number of aliphatic imine (C=N–C) groups is 1. The van der Waals surface area contributed by atoms with Crippen LogP contribution in [-0.2, 0) is 19.7 Å². The van der Waals surface area contributed by atoms with Crippen LogP contribution in [0.4, 0.5) is 0 Å². The molecule has 6 nitrogen and oxygen atoms in total. The summed E-state index contributed by atoms with van der Waals surface area (Å²) >= 11 is 0. The molecule has 0 spiro atoms. The highest BCUT2D eigenvalue weighted by atomic mass is 32.2. The third-order valence-corrected chi connectivity index (χ3v) is 8.37. The Labute approximate surface area is 130 Å². The first-order valence-electron chi connectivity index (χ1n) is 7.08. The van der Waals surface area contributed by atoms with E-state index in [4.69, 9.17) is 0 Å². The zero-order valence-corrected chi connectivity index (χ0v) is 13.8. The molecular weight excluding hydrogens is 324 g/mol. The van der Waals surface area contributed by atoms with Crippen molar-refractivity contribution < 1.29 is 16.8 Å². The summed E-state index contributed by atoms with van der Waals surface area (Å²) in [7, 11) is -7.07. The molecule has 0 bridgehead atoms. The van der Waals surface area contributed by atoms with E-state index >= 15 is 0 Å². The molecule has 0 aliphatic carbocycles. The summed E-state index contributed by atoms with van der Waals surface area (Å²) in [5.41, 5.74) is 0. The number of amidine groups is 1. The Morgan fingerprint density at radius 1 is 1.18 bits per heavy atom. The van der Waals surface area contributed by atoms with Crippen LogP contribution in [0, 0.1) is 0 Å². The van der Waals surface area contributed by atoms with E-state index in [1.54, 1.807) is 25.1 Å². The standard InChI is InChI=1S/C14H18N2O4S2/c1-11-15-7-8-16(11)13-9-21(17,18)10-14(13)22(19,20)12-5-3-2-4-6-12/h2-6,13-14H,7-10H2,1H3/t13-,14-/m0/s1. The SMILES string of the molecule is CC1=NCCN1[C@H]1CS(=O)(=O)C[C@@H]1S(=O)(=O)c1ccccc1. The molecule has 0 radical (unpaired) electrons. The molecule has 0 unspecified atom stereocenters. The van der Waals surface area contributed by atoms with Gasteiger partial charge < -0.3 is 4.90 Å². The maximum absolute atomic E-state index is 12.9. The molecule has 22 heavy (non-hydrogen) atoms. The Kier molecular flexibility index (Phi) is 3.76. The van der Waals surface area contributed by atoms with Gasteiger partial charge in [0.2, 0.25) is 0 Å². The highest BCUT2D eigenvalue weighted by molar-refractivity contribution is 7.96. The van der Waals surface area contributed by atoms with Crippen LogP contribution < -0.4 is 0 Å². The lowest BCUT2D eigenvalue weighted by Gasteiger charge is -2.29. The number of rotatable bonds is 3. The van der Waals surface area contributed by atoms with Crippen molar-refractivity contribution in [2.75, 3.05) is 24.6 Å². The highest BCUT2D eigenvalue weighted by Gasteiger charge is 2.49. The van der Waals surface area contributed by atoms with E-state index in [1.165, 1.54) is 12.1 Å². The maximum atomic E-state index is 12.9. The Bertz CT molecular complexity index is 801. The van der Waals surface area contributed by atoms with Crippen LogP contribution >= 0.6 is 0 Å². The van der Waals surface area contributed by atoms with Crippen LogP contribution in [0.2, 0.25) is 0 Å². The fourth-order valence-electron chi connectivity index (χ4n) is 3.15. The lowest BCUT2D eigenvalue weighted by molar-refractivity contribution is 0.360. The number of benzene rings is 1. The smallest absolute Gasteiger partial charge is 0.184 e. The Hall–Kier alpha value is -1.41. The molecule has 2 aliphatic rings. The molecule has 0 amide bonds. The second kappa shape index (κ2) is 5.34. The van der Waals surface area contributed by atoms with Crippen LogP contribution in [-0.4, -0.2) is 63.5 Å². The zero-order chi connectivity index (χ0) is 16.0. The largest absolute Gasteiger partial charge is 0.353 e. The summed E-state index contributed by atoms with van der Waals surface area (Å²) in [6.07, 6.45) is 0. The summed E-state index contributed by atoms with van der Waals surface area (Å²) in [5, 5.41) is -0.942. The van der Waals surface area contributed by atoms with Crippen molar-refractivity contribution >= 4 is 25.5 Å². The first-order chi connectivity index (χ1) is 10.3. The molecule has 2 aliphatic heterocycles. The Balaban J connectivity index is 2.02. The van der Waals surface area contributed by atoms with E-state index in [9.17, 15) is 16.8 Å². The third-order valence-electron chi connectivity index (χ3n) is 4.24. The molecule has 120 valence electrons. The minimum Gasteiger partial charge on any atom is -0.353 e. The summed E-state index contributed by atoms with van der Waals surface area (Å²) < 4.78 is 49.9. The van der Waals surface area contributed by atoms with Crippen molar-refractivity contribution in [3.63, 3.8) is 0 Å². The van der Waals surface area contributed by atoms with Gasteiger partial charge in [0, 0.05) is 6.54 Å². The second-order valence-corrected chi connectivity index (χ2v) is 9.98. The number of hydrogen-bond donors (Lipinski definition) is 0. The summed E-state index contributed by atoms with van der Waals surface area (Å²) in [6, 6.07) is 7.51. The Morgan fingerprint density at radius 3 is 2.45 bits per heavy atom. The van der Waals surface area contributed by atoms with E-state index in [0.717, 1.165) is 5.84 Å².